The molecule has 104 valence electrons. The first-order valence-corrected chi connectivity index (χ1v) is 7.83. The SMILES string of the molecule is O=C(CSc1ccc2c(c1)CCC2)NCc1ccco1. The number of furan rings is 1. The molecule has 1 amide bonds. The zero-order chi connectivity index (χ0) is 13.8. The van der Waals surface area contributed by atoms with E-state index in [1.54, 1.807) is 18.0 Å². The topological polar surface area (TPSA) is 42.2 Å². The van der Waals surface area contributed by atoms with Crippen LogP contribution in [-0.4, -0.2) is 11.7 Å². The Balaban J connectivity index is 1.48. The lowest BCUT2D eigenvalue weighted by Crippen LogP contribution is -2.24. The fourth-order valence-corrected chi connectivity index (χ4v) is 3.23. The lowest BCUT2D eigenvalue weighted by molar-refractivity contribution is -0.118. The Morgan fingerprint density at radius 3 is 3.00 bits per heavy atom. The second-order valence-electron chi connectivity index (χ2n) is 4.93. The van der Waals surface area contributed by atoms with Crippen molar-refractivity contribution in [3.8, 4) is 0 Å². The van der Waals surface area contributed by atoms with E-state index in [9.17, 15) is 4.79 Å². The van der Waals surface area contributed by atoms with Gasteiger partial charge in [-0.3, -0.25) is 4.79 Å². The van der Waals surface area contributed by atoms with Crippen LogP contribution >= 0.6 is 11.8 Å². The van der Waals surface area contributed by atoms with Gasteiger partial charge in [0.05, 0.1) is 18.6 Å². The number of thioether (sulfide) groups is 1. The minimum Gasteiger partial charge on any atom is -0.467 e. The molecule has 0 saturated heterocycles. The number of hydrogen-bond donors (Lipinski definition) is 1. The summed E-state index contributed by atoms with van der Waals surface area (Å²) in [5.74, 6) is 1.26. The lowest BCUT2D eigenvalue weighted by atomic mass is 10.1. The van der Waals surface area contributed by atoms with Crippen molar-refractivity contribution in [3.63, 3.8) is 0 Å². The second kappa shape index (κ2) is 6.18. The van der Waals surface area contributed by atoms with E-state index in [4.69, 9.17) is 4.42 Å². The highest BCUT2D eigenvalue weighted by atomic mass is 32.2. The third-order valence-electron chi connectivity index (χ3n) is 3.48. The molecule has 20 heavy (non-hydrogen) atoms. The summed E-state index contributed by atoms with van der Waals surface area (Å²) >= 11 is 1.59. The van der Waals surface area contributed by atoms with Crippen LogP contribution in [0.1, 0.15) is 23.3 Å². The Labute approximate surface area is 122 Å². The summed E-state index contributed by atoms with van der Waals surface area (Å²) < 4.78 is 5.18. The molecule has 1 aromatic carbocycles. The minimum atomic E-state index is 0.0342. The number of hydrogen-bond acceptors (Lipinski definition) is 3. The summed E-state index contributed by atoms with van der Waals surface area (Å²) in [6.45, 7) is 0.455. The molecule has 0 atom stereocenters. The average molecular weight is 287 g/mol. The van der Waals surface area contributed by atoms with Crippen molar-refractivity contribution >= 4 is 17.7 Å². The van der Waals surface area contributed by atoms with E-state index in [2.05, 4.69) is 23.5 Å². The van der Waals surface area contributed by atoms with Crippen LogP contribution in [0.15, 0.2) is 45.9 Å². The fourth-order valence-electron chi connectivity index (χ4n) is 2.44. The summed E-state index contributed by atoms with van der Waals surface area (Å²) in [4.78, 5) is 13.0. The minimum absolute atomic E-state index is 0.0342. The predicted molar refractivity (Wildman–Crippen MR) is 79.7 cm³/mol. The molecule has 0 unspecified atom stereocenters. The van der Waals surface area contributed by atoms with Gasteiger partial charge in [-0.1, -0.05) is 6.07 Å². The second-order valence-corrected chi connectivity index (χ2v) is 5.98. The van der Waals surface area contributed by atoms with Crippen LogP contribution < -0.4 is 5.32 Å². The van der Waals surface area contributed by atoms with E-state index in [0.29, 0.717) is 12.3 Å². The van der Waals surface area contributed by atoms with Gasteiger partial charge in [0, 0.05) is 4.90 Å². The maximum atomic E-state index is 11.8. The number of fused-ring (bicyclic) bond motifs is 1. The third-order valence-corrected chi connectivity index (χ3v) is 4.47. The van der Waals surface area contributed by atoms with E-state index >= 15 is 0 Å². The summed E-state index contributed by atoms with van der Waals surface area (Å²) in [5.41, 5.74) is 2.92. The van der Waals surface area contributed by atoms with E-state index in [-0.39, 0.29) is 5.91 Å². The number of nitrogens with one attached hydrogen (secondary N) is 1. The number of aryl methyl sites for hydroxylation is 2. The average Bonchev–Trinajstić information content (AvgIpc) is 3.13. The maximum Gasteiger partial charge on any atom is 0.230 e. The largest absolute Gasteiger partial charge is 0.467 e. The van der Waals surface area contributed by atoms with Crippen molar-refractivity contribution in [1.82, 2.24) is 5.32 Å². The molecule has 0 fully saturated rings. The van der Waals surface area contributed by atoms with Gasteiger partial charge in [-0.25, -0.2) is 0 Å². The summed E-state index contributed by atoms with van der Waals surface area (Å²) in [6.07, 6.45) is 5.24. The molecule has 2 aromatic rings. The smallest absolute Gasteiger partial charge is 0.230 e. The number of rotatable bonds is 5. The number of carbonyl (C=O) groups excluding carboxylic acids is 1. The molecule has 1 aliphatic carbocycles. The highest BCUT2D eigenvalue weighted by Crippen LogP contribution is 2.27. The van der Waals surface area contributed by atoms with Gasteiger partial charge in [0.1, 0.15) is 5.76 Å². The zero-order valence-electron chi connectivity index (χ0n) is 11.2. The van der Waals surface area contributed by atoms with E-state index in [1.165, 1.54) is 35.3 Å². The predicted octanol–water partition coefficient (Wildman–Crippen LogP) is 3.18. The van der Waals surface area contributed by atoms with Crippen LogP contribution in [0.2, 0.25) is 0 Å². The summed E-state index contributed by atoms with van der Waals surface area (Å²) in [6, 6.07) is 10.2. The van der Waals surface area contributed by atoms with Crippen LogP contribution in [0.3, 0.4) is 0 Å². The van der Waals surface area contributed by atoms with E-state index in [0.717, 1.165) is 5.76 Å². The molecule has 0 spiro atoms. The van der Waals surface area contributed by atoms with E-state index in [1.807, 2.05) is 12.1 Å². The Kier molecular flexibility index (Phi) is 4.11. The Hall–Kier alpha value is -1.68. The van der Waals surface area contributed by atoms with Crippen LogP contribution in [0.25, 0.3) is 0 Å². The first-order chi connectivity index (χ1) is 9.81. The number of carbonyl (C=O) groups is 1. The molecular weight excluding hydrogens is 270 g/mol. The Morgan fingerprint density at radius 2 is 2.15 bits per heavy atom. The molecule has 3 rings (SSSR count). The lowest BCUT2D eigenvalue weighted by Gasteiger charge is -2.05. The third kappa shape index (κ3) is 3.25. The quantitative estimate of drug-likeness (QED) is 0.859. The van der Waals surface area contributed by atoms with Crippen LogP contribution in [0.5, 0.6) is 0 Å². The molecular formula is C16H17NO2S. The van der Waals surface area contributed by atoms with Crippen LogP contribution in [0, 0.1) is 0 Å². The first-order valence-electron chi connectivity index (χ1n) is 6.85. The zero-order valence-corrected chi connectivity index (χ0v) is 12.0. The van der Waals surface area contributed by atoms with Crippen LogP contribution in [0.4, 0.5) is 0 Å². The molecule has 1 aromatic heterocycles. The van der Waals surface area contributed by atoms with Gasteiger partial charge in [-0.15, -0.1) is 11.8 Å². The molecule has 0 bridgehead atoms. The number of benzene rings is 1. The molecule has 4 heteroatoms. The standard InChI is InChI=1S/C16H17NO2S/c18-16(17-10-14-5-2-8-19-14)11-20-15-7-6-12-3-1-4-13(12)9-15/h2,5-9H,1,3-4,10-11H2,(H,17,18). The van der Waals surface area contributed by atoms with Crippen molar-refractivity contribution < 1.29 is 9.21 Å². The molecule has 1 aliphatic rings. The van der Waals surface area contributed by atoms with Crippen molar-refractivity contribution in [2.24, 2.45) is 0 Å². The highest BCUT2D eigenvalue weighted by Gasteiger charge is 2.11. The van der Waals surface area contributed by atoms with Crippen molar-refractivity contribution in [2.45, 2.75) is 30.7 Å². The van der Waals surface area contributed by atoms with E-state index < -0.39 is 0 Å². The normalized spacial score (nSPS) is 13.2. The molecule has 3 nitrogen and oxygen atoms in total. The first kappa shape index (κ1) is 13.3. The monoisotopic (exact) mass is 287 g/mol. The van der Waals surface area contributed by atoms with Gasteiger partial charge in [0.25, 0.3) is 0 Å². The Bertz CT molecular complexity index is 593. The van der Waals surface area contributed by atoms with Crippen molar-refractivity contribution in [3.05, 3.63) is 53.5 Å². The number of amides is 1. The molecule has 0 aliphatic heterocycles. The van der Waals surface area contributed by atoms with Crippen LogP contribution in [-0.2, 0) is 24.2 Å². The molecule has 0 saturated carbocycles. The molecule has 0 radical (unpaired) electrons. The van der Waals surface area contributed by atoms with Crippen molar-refractivity contribution in [2.75, 3.05) is 5.75 Å². The van der Waals surface area contributed by atoms with Gasteiger partial charge in [0.2, 0.25) is 5.91 Å². The van der Waals surface area contributed by atoms with Gasteiger partial charge in [-0.05, 0) is 54.7 Å². The van der Waals surface area contributed by atoms with Gasteiger partial charge in [-0.2, -0.15) is 0 Å². The molecule has 1 heterocycles. The maximum absolute atomic E-state index is 11.8. The molecule has 1 N–H and O–H groups in total. The van der Waals surface area contributed by atoms with Gasteiger partial charge in [0.15, 0.2) is 0 Å². The van der Waals surface area contributed by atoms with Gasteiger partial charge >= 0.3 is 0 Å². The van der Waals surface area contributed by atoms with Gasteiger partial charge < -0.3 is 9.73 Å². The fraction of sp³-hybridized carbons (Fsp3) is 0.312. The Morgan fingerprint density at radius 1 is 1.25 bits per heavy atom. The van der Waals surface area contributed by atoms with Crippen molar-refractivity contribution in [1.29, 1.82) is 0 Å². The summed E-state index contributed by atoms with van der Waals surface area (Å²) in [5, 5.41) is 2.85. The summed E-state index contributed by atoms with van der Waals surface area (Å²) in [7, 11) is 0. The highest BCUT2D eigenvalue weighted by molar-refractivity contribution is 8.00.